The largest absolute Gasteiger partial charge is 0.464 e. The molecule has 2 unspecified atom stereocenters. The minimum atomic E-state index is -0.852. The van der Waals surface area contributed by atoms with E-state index in [1.54, 1.807) is 13.0 Å². The van der Waals surface area contributed by atoms with E-state index in [0.29, 0.717) is 18.7 Å². The molecule has 1 heterocycles. The molecule has 0 amide bonds. The van der Waals surface area contributed by atoms with Crippen molar-refractivity contribution in [3.8, 4) is 0 Å². The van der Waals surface area contributed by atoms with E-state index in [4.69, 9.17) is 4.74 Å². The summed E-state index contributed by atoms with van der Waals surface area (Å²) in [6, 6.07) is 4.74. The molecular formula is C16H22N2O4. The second kappa shape index (κ2) is 6.34. The molecule has 6 heteroatoms. The SMILES string of the molecule is CCCCOC(=O)C1(C)CC(C)c2ccc([N+](=O)[O-])cc2N1. The molecule has 1 aromatic rings. The van der Waals surface area contributed by atoms with Crippen molar-refractivity contribution < 1.29 is 14.5 Å². The number of nitrogens with one attached hydrogen (secondary N) is 1. The summed E-state index contributed by atoms with van der Waals surface area (Å²) >= 11 is 0. The molecule has 1 aromatic carbocycles. The zero-order valence-corrected chi connectivity index (χ0v) is 13.2. The highest BCUT2D eigenvalue weighted by atomic mass is 16.6. The van der Waals surface area contributed by atoms with Crippen LogP contribution >= 0.6 is 0 Å². The van der Waals surface area contributed by atoms with Crippen LogP contribution in [0.4, 0.5) is 11.4 Å². The average Bonchev–Trinajstić information content (AvgIpc) is 2.46. The molecule has 0 saturated carbocycles. The van der Waals surface area contributed by atoms with Gasteiger partial charge in [-0.15, -0.1) is 0 Å². The van der Waals surface area contributed by atoms with Crippen LogP contribution in [0.5, 0.6) is 0 Å². The van der Waals surface area contributed by atoms with E-state index in [9.17, 15) is 14.9 Å². The highest BCUT2D eigenvalue weighted by molar-refractivity contribution is 5.86. The highest BCUT2D eigenvalue weighted by Gasteiger charge is 2.41. The quantitative estimate of drug-likeness (QED) is 0.389. The maximum atomic E-state index is 12.4. The maximum Gasteiger partial charge on any atom is 0.331 e. The summed E-state index contributed by atoms with van der Waals surface area (Å²) < 4.78 is 5.33. The van der Waals surface area contributed by atoms with Gasteiger partial charge in [-0.1, -0.05) is 20.3 Å². The number of carbonyl (C=O) groups excluding carboxylic acids is 1. The molecule has 0 bridgehead atoms. The number of nitro benzene ring substituents is 1. The number of hydrogen-bond donors (Lipinski definition) is 1. The van der Waals surface area contributed by atoms with Gasteiger partial charge in [-0.3, -0.25) is 10.1 Å². The number of nitro groups is 1. The lowest BCUT2D eigenvalue weighted by Crippen LogP contribution is -2.48. The van der Waals surface area contributed by atoms with E-state index in [1.807, 2.05) is 13.8 Å². The summed E-state index contributed by atoms with van der Waals surface area (Å²) in [5, 5.41) is 14.1. The molecule has 1 aliphatic rings. The molecule has 0 fully saturated rings. The Labute approximate surface area is 130 Å². The molecule has 2 rings (SSSR count). The maximum absolute atomic E-state index is 12.4. The molecule has 1 N–H and O–H groups in total. The molecule has 2 atom stereocenters. The molecule has 0 aromatic heterocycles. The van der Waals surface area contributed by atoms with Crippen LogP contribution < -0.4 is 5.32 Å². The number of esters is 1. The fourth-order valence-electron chi connectivity index (χ4n) is 2.87. The van der Waals surface area contributed by atoms with E-state index in [0.717, 1.165) is 18.4 Å². The van der Waals surface area contributed by atoms with Crippen LogP contribution in [0.2, 0.25) is 0 Å². The van der Waals surface area contributed by atoms with Gasteiger partial charge in [0.15, 0.2) is 0 Å². The molecule has 6 nitrogen and oxygen atoms in total. The first kappa shape index (κ1) is 16.3. The zero-order chi connectivity index (χ0) is 16.3. The van der Waals surface area contributed by atoms with Crippen LogP contribution in [0.25, 0.3) is 0 Å². The normalized spacial score (nSPS) is 23.3. The third kappa shape index (κ3) is 3.21. The lowest BCUT2D eigenvalue weighted by molar-refractivity contribution is -0.384. The Kier molecular flexibility index (Phi) is 4.68. The van der Waals surface area contributed by atoms with Gasteiger partial charge in [-0.05, 0) is 37.3 Å². The topological polar surface area (TPSA) is 81.5 Å². The van der Waals surface area contributed by atoms with Gasteiger partial charge >= 0.3 is 5.97 Å². The summed E-state index contributed by atoms with van der Waals surface area (Å²) in [7, 11) is 0. The van der Waals surface area contributed by atoms with Crippen molar-refractivity contribution in [3.63, 3.8) is 0 Å². The molecule has 0 radical (unpaired) electrons. The number of carbonyl (C=O) groups is 1. The third-order valence-corrected chi connectivity index (χ3v) is 4.09. The first-order chi connectivity index (χ1) is 10.4. The predicted molar refractivity (Wildman–Crippen MR) is 84.0 cm³/mol. The minimum absolute atomic E-state index is 0.0158. The summed E-state index contributed by atoms with van der Waals surface area (Å²) in [5.41, 5.74) is 0.796. The Bertz CT molecular complexity index is 588. The van der Waals surface area contributed by atoms with E-state index in [-0.39, 0.29) is 17.6 Å². The van der Waals surface area contributed by atoms with Crippen LogP contribution in [0.1, 0.15) is 51.5 Å². The van der Waals surface area contributed by atoms with Gasteiger partial charge in [0, 0.05) is 17.8 Å². The first-order valence-corrected chi connectivity index (χ1v) is 7.61. The lowest BCUT2D eigenvalue weighted by atomic mass is 9.80. The fraction of sp³-hybridized carbons (Fsp3) is 0.562. The van der Waals surface area contributed by atoms with Crippen LogP contribution in [-0.4, -0.2) is 23.0 Å². The molecule has 22 heavy (non-hydrogen) atoms. The van der Waals surface area contributed by atoms with Gasteiger partial charge in [0.2, 0.25) is 0 Å². The van der Waals surface area contributed by atoms with E-state index >= 15 is 0 Å². The molecular weight excluding hydrogens is 284 g/mol. The Morgan fingerprint density at radius 3 is 2.91 bits per heavy atom. The number of ether oxygens (including phenoxy) is 1. The Hall–Kier alpha value is -2.11. The van der Waals surface area contributed by atoms with Gasteiger partial charge in [0.25, 0.3) is 5.69 Å². The lowest BCUT2D eigenvalue weighted by Gasteiger charge is -2.38. The molecule has 120 valence electrons. The monoisotopic (exact) mass is 306 g/mol. The Morgan fingerprint density at radius 1 is 1.55 bits per heavy atom. The van der Waals surface area contributed by atoms with Gasteiger partial charge < -0.3 is 10.1 Å². The smallest absolute Gasteiger partial charge is 0.331 e. The number of benzene rings is 1. The van der Waals surface area contributed by atoms with Gasteiger partial charge in [0.1, 0.15) is 5.54 Å². The number of unbranched alkanes of at least 4 members (excludes halogenated alkanes) is 1. The summed E-state index contributed by atoms with van der Waals surface area (Å²) in [6.07, 6.45) is 2.39. The van der Waals surface area contributed by atoms with Crippen LogP contribution in [-0.2, 0) is 9.53 Å². The zero-order valence-electron chi connectivity index (χ0n) is 13.2. The summed E-state index contributed by atoms with van der Waals surface area (Å²) in [5.74, 6) is -0.175. The first-order valence-electron chi connectivity index (χ1n) is 7.61. The number of anilines is 1. The fourth-order valence-corrected chi connectivity index (χ4v) is 2.87. The van der Waals surface area contributed by atoms with Crippen molar-refractivity contribution in [2.75, 3.05) is 11.9 Å². The van der Waals surface area contributed by atoms with E-state index in [1.165, 1.54) is 12.1 Å². The van der Waals surface area contributed by atoms with Crippen molar-refractivity contribution in [2.24, 2.45) is 0 Å². The third-order valence-electron chi connectivity index (χ3n) is 4.09. The number of hydrogen-bond acceptors (Lipinski definition) is 5. The van der Waals surface area contributed by atoms with Crippen molar-refractivity contribution in [1.82, 2.24) is 0 Å². The van der Waals surface area contributed by atoms with Crippen molar-refractivity contribution >= 4 is 17.3 Å². The van der Waals surface area contributed by atoms with Gasteiger partial charge in [-0.2, -0.15) is 0 Å². The average molecular weight is 306 g/mol. The minimum Gasteiger partial charge on any atom is -0.464 e. The number of fused-ring (bicyclic) bond motifs is 1. The highest BCUT2D eigenvalue weighted by Crippen LogP contribution is 2.40. The number of rotatable bonds is 5. The van der Waals surface area contributed by atoms with Crippen molar-refractivity contribution in [2.45, 2.75) is 51.5 Å². The van der Waals surface area contributed by atoms with Crippen molar-refractivity contribution in [3.05, 3.63) is 33.9 Å². The number of nitrogens with zero attached hydrogens (tertiary/aromatic N) is 1. The van der Waals surface area contributed by atoms with E-state index < -0.39 is 10.5 Å². The van der Waals surface area contributed by atoms with Crippen LogP contribution in [0.15, 0.2) is 18.2 Å². The number of non-ortho nitro benzene ring substituents is 1. The summed E-state index contributed by atoms with van der Waals surface area (Å²) in [4.78, 5) is 22.8. The van der Waals surface area contributed by atoms with Crippen LogP contribution in [0, 0.1) is 10.1 Å². The molecule has 0 saturated heterocycles. The predicted octanol–water partition coefficient (Wildman–Crippen LogP) is 3.62. The van der Waals surface area contributed by atoms with E-state index in [2.05, 4.69) is 5.32 Å². The molecule has 0 spiro atoms. The Morgan fingerprint density at radius 2 is 2.27 bits per heavy atom. The molecule has 1 aliphatic heterocycles. The second-order valence-corrected chi connectivity index (χ2v) is 6.08. The van der Waals surface area contributed by atoms with Gasteiger partial charge in [0.05, 0.1) is 11.5 Å². The van der Waals surface area contributed by atoms with Crippen LogP contribution in [0.3, 0.4) is 0 Å². The Balaban J connectivity index is 2.23. The molecule has 0 aliphatic carbocycles. The standard InChI is InChI=1S/C16H22N2O4/c1-4-5-8-22-15(19)16(3)10-11(2)13-7-6-12(18(20)21)9-14(13)17-16/h6-7,9,11,17H,4-5,8,10H2,1-3H3. The second-order valence-electron chi connectivity index (χ2n) is 6.08. The van der Waals surface area contributed by atoms with Gasteiger partial charge in [-0.25, -0.2) is 4.79 Å². The summed E-state index contributed by atoms with van der Waals surface area (Å²) in [6.45, 7) is 6.25. The van der Waals surface area contributed by atoms with Crippen molar-refractivity contribution in [1.29, 1.82) is 0 Å².